The predicted octanol–water partition coefficient (Wildman–Crippen LogP) is 4.58. The fourth-order valence-electron chi connectivity index (χ4n) is 2.44. The number of pyridine rings is 1. The van der Waals surface area contributed by atoms with Crippen molar-refractivity contribution in [2.24, 2.45) is 5.92 Å². The van der Waals surface area contributed by atoms with Gasteiger partial charge < -0.3 is 5.32 Å². The highest BCUT2D eigenvalue weighted by Crippen LogP contribution is 2.38. The van der Waals surface area contributed by atoms with Gasteiger partial charge in [-0.05, 0) is 44.2 Å². The topological polar surface area (TPSA) is 24.9 Å². The number of aromatic nitrogens is 1. The third kappa shape index (κ3) is 3.75. The van der Waals surface area contributed by atoms with Gasteiger partial charge in [-0.25, -0.2) is 4.98 Å². The number of nitrogens with zero attached hydrogens (tertiary/aromatic N) is 1. The van der Waals surface area contributed by atoms with Crippen molar-refractivity contribution in [3.63, 3.8) is 0 Å². The molecular weight excluding hydrogens is 277 g/mol. The van der Waals surface area contributed by atoms with Gasteiger partial charge in [0.2, 0.25) is 0 Å². The molecule has 1 N–H and O–H groups in total. The zero-order chi connectivity index (χ0) is 14.0. The number of hydrogen-bond acceptors (Lipinski definition) is 2. The van der Waals surface area contributed by atoms with Gasteiger partial charge >= 0.3 is 6.18 Å². The Labute approximate surface area is 115 Å². The molecule has 1 fully saturated rings. The first kappa shape index (κ1) is 14.4. The molecule has 0 bridgehead atoms. The van der Waals surface area contributed by atoms with E-state index in [4.69, 9.17) is 11.6 Å². The van der Waals surface area contributed by atoms with Gasteiger partial charge in [0, 0.05) is 6.04 Å². The van der Waals surface area contributed by atoms with Crippen LogP contribution in [0.5, 0.6) is 0 Å². The van der Waals surface area contributed by atoms with Gasteiger partial charge in [-0.15, -0.1) is 0 Å². The van der Waals surface area contributed by atoms with Crippen molar-refractivity contribution in [3.8, 4) is 0 Å². The van der Waals surface area contributed by atoms with Gasteiger partial charge in [0.05, 0.1) is 17.8 Å². The van der Waals surface area contributed by atoms with Crippen molar-refractivity contribution >= 4 is 17.3 Å². The van der Waals surface area contributed by atoms with E-state index >= 15 is 0 Å². The van der Waals surface area contributed by atoms with Gasteiger partial charge in [0.1, 0.15) is 5.15 Å². The summed E-state index contributed by atoms with van der Waals surface area (Å²) in [7, 11) is 0. The molecule has 0 atom stereocenters. The molecule has 2 rings (SSSR count). The standard InChI is InChI=1S/C13H16ClF3N2/c1-8-6-11(7-18-12(8)14)19-10-4-2-9(3-5-10)13(15,16)17/h6-7,9-10,19H,2-5H2,1H3. The van der Waals surface area contributed by atoms with Crippen molar-refractivity contribution in [1.29, 1.82) is 0 Å². The van der Waals surface area contributed by atoms with Gasteiger partial charge in [-0.3, -0.25) is 0 Å². The van der Waals surface area contributed by atoms with Gasteiger partial charge in [0.15, 0.2) is 0 Å². The summed E-state index contributed by atoms with van der Waals surface area (Å²) in [5.41, 5.74) is 1.67. The molecule has 106 valence electrons. The highest BCUT2D eigenvalue weighted by molar-refractivity contribution is 6.30. The van der Waals surface area contributed by atoms with Crippen molar-refractivity contribution in [1.82, 2.24) is 4.98 Å². The lowest BCUT2D eigenvalue weighted by atomic mass is 9.85. The molecule has 1 saturated carbocycles. The maximum atomic E-state index is 12.5. The largest absolute Gasteiger partial charge is 0.391 e. The fraction of sp³-hybridized carbons (Fsp3) is 0.615. The van der Waals surface area contributed by atoms with E-state index in [9.17, 15) is 13.2 Å². The maximum absolute atomic E-state index is 12.5. The molecule has 2 nitrogen and oxygen atoms in total. The molecule has 1 heterocycles. The van der Waals surface area contributed by atoms with Crippen LogP contribution in [-0.4, -0.2) is 17.2 Å². The Morgan fingerprint density at radius 1 is 1.26 bits per heavy atom. The zero-order valence-electron chi connectivity index (χ0n) is 10.6. The average molecular weight is 293 g/mol. The number of anilines is 1. The van der Waals surface area contributed by atoms with Crippen LogP contribution < -0.4 is 5.32 Å². The molecule has 19 heavy (non-hydrogen) atoms. The van der Waals surface area contributed by atoms with E-state index in [0.29, 0.717) is 18.0 Å². The molecule has 0 aliphatic heterocycles. The van der Waals surface area contributed by atoms with E-state index in [1.54, 1.807) is 6.20 Å². The Hall–Kier alpha value is -0.970. The highest BCUT2D eigenvalue weighted by Gasteiger charge is 2.41. The summed E-state index contributed by atoms with van der Waals surface area (Å²) in [5.74, 6) is -1.14. The quantitative estimate of drug-likeness (QED) is 0.807. The number of nitrogens with one attached hydrogen (secondary N) is 1. The Morgan fingerprint density at radius 3 is 2.42 bits per heavy atom. The molecule has 0 aromatic carbocycles. The third-order valence-electron chi connectivity index (χ3n) is 3.58. The highest BCUT2D eigenvalue weighted by atomic mass is 35.5. The summed E-state index contributed by atoms with van der Waals surface area (Å²) in [4.78, 5) is 4.02. The van der Waals surface area contributed by atoms with Crippen LogP contribution in [0.4, 0.5) is 18.9 Å². The number of hydrogen-bond donors (Lipinski definition) is 1. The molecule has 0 spiro atoms. The summed E-state index contributed by atoms with van der Waals surface area (Å²) in [6, 6.07) is 1.95. The summed E-state index contributed by atoms with van der Waals surface area (Å²) < 4.78 is 37.6. The number of aryl methyl sites for hydroxylation is 1. The van der Waals surface area contributed by atoms with Crippen LogP contribution >= 0.6 is 11.6 Å². The molecule has 1 aliphatic rings. The van der Waals surface area contributed by atoms with E-state index in [1.807, 2.05) is 13.0 Å². The lowest BCUT2D eigenvalue weighted by Gasteiger charge is -2.30. The van der Waals surface area contributed by atoms with E-state index < -0.39 is 12.1 Å². The minimum Gasteiger partial charge on any atom is -0.381 e. The smallest absolute Gasteiger partial charge is 0.381 e. The maximum Gasteiger partial charge on any atom is 0.391 e. The lowest BCUT2D eigenvalue weighted by molar-refractivity contribution is -0.182. The second kappa shape index (κ2) is 5.57. The Kier molecular flexibility index (Phi) is 4.23. The molecular formula is C13H16ClF3N2. The molecule has 0 saturated heterocycles. The zero-order valence-corrected chi connectivity index (χ0v) is 11.4. The lowest BCUT2D eigenvalue weighted by Crippen LogP contribution is -2.32. The van der Waals surface area contributed by atoms with Crippen molar-refractivity contribution in [2.45, 2.75) is 44.8 Å². The molecule has 6 heteroatoms. The second-order valence-electron chi connectivity index (χ2n) is 5.07. The van der Waals surface area contributed by atoms with Crippen LogP contribution in [0.2, 0.25) is 5.15 Å². The summed E-state index contributed by atoms with van der Waals surface area (Å²) >= 11 is 5.83. The average Bonchev–Trinajstić information content (AvgIpc) is 2.33. The molecule has 0 radical (unpaired) electrons. The normalized spacial score (nSPS) is 24.3. The monoisotopic (exact) mass is 292 g/mol. The summed E-state index contributed by atoms with van der Waals surface area (Å²) in [6.45, 7) is 1.85. The summed E-state index contributed by atoms with van der Waals surface area (Å²) in [6.07, 6.45) is -0.978. The van der Waals surface area contributed by atoms with Crippen LogP contribution in [0, 0.1) is 12.8 Å². The molecule has 1 aromatic heterocycles. The van der Waals surface area contributed by atoms with Crippen LogP contribution in [0.25, 0.3) is 0 Å². The van der Waals surface area contributed by atoms with Crippen molar-refractivity contribution < 1.29 is 13.2 Å². The number of alkyl halides is 3. The molecule has 1 aliphatic carbocycles. The van der Waals surface area contributed by atoms with Crippen molar-refractivity contribution in [3.05, 3.63) is 23.0 Å². The van der Waals surface area contributed by atoms with E-state index in [0.717, 1.165) is 11.3 Å². The first-order valence-electron chi connectivity index (χ1n) is 6.31. The van der Waals surface area contributed by atoms with Gasteiger partial charge in [0.25, 0.3) is 0 Å². The summed E-state index contributed by atoms with van der Waals surface area (Å²) in [5, 5.41) is 3.68. The number of rotatable bonds is 2. The van der Waals surface area contributed by atoms with E-state index in [-0.39, 0.29) is 18.9 Å². The molecule has 1 aromatic rings. The predicted molar refractivity (Wildman–Crippen MR) is 69.4 cm³/mol. The molecule has 0 amide bonds. The minimum absolute atomic E-state index is 0.0842. The minimum atomic E-state index is -4.05. The van der Waals surface area contributed by atoms with Gasteiger partial charge in [-0.2, -0.15) is 13.2 Å². The second-order valence-corrected chi connectivity index (χ2v) is 5.42. The van der Waals surface area contributed by atoms with Gasteiger partial charge in [-0.1, -0.05) is 11.6 Å². The Morgan fingerprint density at radius 2 is 1.89 bits per heavy atom. The number of halogens is 4. The van der Waals surface area contributed by atoms with Crippen LogP contribution in [-0.2, 0) is 0 Å². The van der Waals surface area contributed by atoms with E-state index in [1.165, 1.54) is 0 Å². The Bertz CT molecular complexity index is 440. The first-order chi connectivity index (χ1) is 8.86. The third-order valence-corrected chi connectivity index (χ3v) is 3.97. The molecule has 0 unspecified atom stereocenters. The van der Waals surface area contributed by atoms with Crippen LogP contribution in [0.3, 0.4) is 0 Å². The fourth-order valence-corrected chi connectivity index (χ4v) is 2.54. The SMILES string of the molecule is Cc1cc(NC2CCC(C(F)(F)F)CC2)cnc1Cl. The Balaban J connectivity index is 1.90. The van der Waals surface area contributed by atoms with Crippen LogP contribution in [0.15, 0.2) is 12.3 Å². The first-order valence-corrected chi connectivity index (χ1v) is 6.69. The van der Waals surface area contributed by atoms with E-state index in [2.05, 4.69) is 10.3 Å². The van der Waals surface area contributed by atoms with Crippen molar-refractivity contribution in [2.75, 3.05) is 5.32 Å². The van der Waals surface area contributed by atoms with Crippen LogP contribution in [0.1, 0.15) is 31.2 Å².